The Bertz CT molecular complexity index is 902. The number of ether oxygens (including phenoxy) is 1. The zero-order chi connectivity index (χ0) is 19.6. The average Bonchev–Trinajstić information content (AvgIpc) is 3.32. The first-order valence-electron chi connectivity index (χ1n) is 8.63. The topological polar surface area (TPSA) is 115 Å². The van der Waals surface area contributed by atoms with Gasteiger partial charge < -0.3 is 9.15 Å². The molecule has 1 aliphatic rings. The standard InChI is InChI=1S/C17H22N4O5S/c1-11(2)21(3)27(23,24)13-8-6-12(7-9-13)15(22)18-17-20-19-16(26-17)14-5-4-10-25-14/h6-9,11,14H,4-5,10H2,1-3H3,(H,18,20,22). The highest BCUT2D eigenvalue weighted by molar-refractivity contribution is 7.89. The van der Waals surface area contributed by atoms with Gasteiger partial charge in [0.2, 0.25) is 15.9 Å². The fraction of sp³-hybridized carbons (Fsp3) is 0.471. The summed E-state index contributed by atoms with van der Waals surface area (Å²) in [5, 5.41) is 10.2. The molecule has 1 fully saturated rings. The first kappa shape index (κ1) is 19.5. The maximum absolute atomic E-state index is 12.5. The molecule has 1 aliphatic heterocycles. The van der Waals surface area contributed by atoms with Crippen LogP contribution >= 0.6 is 0 Å². The molecule has 1 saturated heterocycles. The number of sulfonamides is 1. The molecule has 0 saturated carbocycles. The van der Waals surface area contributed by atoms with E-state index in [0.717, 1.165) is 12.8 Å². The van der Waals surface area contributed by atoms with Crippen molar-refractivity contribution in [1.29, 1.82) is 0 Å². The van der Waals surface area contributed by atoms with Crippen molar-refractivity contribution in [2.45, 2.75) is 43.7 Å². The number of anilines is 1. The van der Waals surface area contributed by atoms with Crippen LogP contribution in [0.25, 0.3) is 0 Å². The normalized spacial score (nSPS) is 17.6. The summed E-state index contributed by atoms with van der Waals surface area (Å²) in [4.78, 5) is 12.4. The van der Waals surface area contributed by atoms with Gasteiger partial charge in [-0.2, -0.15) is 4.31 Å². The number of benzene rings is 1. The summed E-state index contributed by atoms with van der Waals surface area (Å²) in [7, 11) is -2.08. The molecule has 27 heavy (non-hydrogen) atoms. The van der Waals surface area contributed by atoms with Gasteiger partial charge in [0, 0.05) is 25.3 Å². The number of amides is 1. The molecule has 1 aromatic heterocycles. The zero-order valence-electron chi connectivity index (χ0n) is 15.4. The van der Waals surface area contributed by atoms with Crippen molar-refractivity contribution >= 4 is 21.9 Å². The van der Waals surface area contributed by atoms with E-state index in [1.807, 2.05) is 0 Å². The molecule has 1 unspecified atom stereocenters. The number of aromatic nitrogens is 2. The second-order valence-electron chi connectivity index (χ2n) is 6.54. The van der Waals surface area contributed by atoms with Gasteiger partial charge in [-0.15, -0.1) is 5.10 Å². The van der Waals surface area contributed by atoms with E-state index in [4.69, 9.17) is 9.15 Å². The molecular formula is C17H22N4O5S. The maximum Gasteiger partial charge on any atom is 0.322 e. The third-order valence-corrected chi connectivity index (χ3v) is 6.43. The van der Waals surface area contributed by atoms with Crippen molar-refractivity contribution in [1.82, 2.24) is 14.5 Å². The van der Waals surface area contributed by atoms with Crippen LogP contribution in [-0.4, -0.2) is 48.5 Å². The van der Waals surface area contributed by atoms with E-state index in [-0.39, 0.29) is 28.6 Å². The molecule has 146 valence electrons. The van der Waals surface area contributed by atoms with Crippen molar-refractivity contribution in [3.05, 3.63) is 35.7 Å². The van der Waals surface area contributed by atoms with Gasteiger partial charge in [-0.1, -0.05) is 5.10 Å². The monoisotopic (exact) mass is 394 g/mol. The van der Waals surface area contributed by atoms with Crippen molar-refractivity contribution in [2.75, 3.05) is 19.0 Å². The first-order valence-corrected chi connectivity index (χ1v) is 10.1. The Morgan fingerprint density at radius 2 is 1.96 bits per heavy atom. The number of nitrogens with one attached hydrogen (secondary N) is 1. The molecule has 1 amide bonds. The first-order chi connectivity index (χ1) is 12.8. The Hall–Kier alpha value is -2.30. The Morgan fingerprint density at radius 1 is 1.26 bits per heavy atom. The van der Waals surface area contributed by atoms with E-state index in [9.17, 15) is 13.2 Å². The minimum atomic E-state index is -3.60. The zero-order valence-corrected chi connectivity index (χ0v) is 16.2. The van der Waals surface area contributed by atoms with Gasteiger partial charge in [-0.05, 0) is 51.0 Å². The number of nitrogens with zero attached hydrogens (tertiary/aromatic N) is 3. The summed E-state index contributed by atoms with van der Waals surface area (Å²) in [5.41, 5.74) is 0.276. The number of hydrogen-bond donors (Lipinski definition) is 1. The lowest BCUT2D eigenvalue weighted by molar-refractivity contribution is 0.0893. The average molecular weight is 394 g/mol. The maximum atomic E-state index is 12.5. The summed E-state index contributed by atoms with van der Waals surface area (Å²) in [6.45, 7) is 4.22. The van der Waals surface area contributed by atoms with Crippen molar-refractivity contribution in [3.63, 3.8) is 0 Å². The highest BCUT2D eigenvalue weighted by atomic mass is 32.2. The minimum absolute atomic E-state index is 0.0262. The molecule has 1 N–H and O–H groups in total. The molecule has 0 bridgehead atoms. The van der Waals surface area contributed by atoms with Crippen LogP contribution in [0.1, 0.15) is 49.0 Å². The van der Waals surface area contributed by atoms with Gasteiger partial charge in [0.05, 0.1) is 4.90 Å². The summed E-state index contributed by atoms with van der Waals surface area (Å²) >= 11 is 0. The molecule has 10 heteroatoms. The Labute approximate surface area is 157 Å². The number of carbonyl (C=O) groups is 1. The predicted molar refractivity (Wildman–Crippen MR) is 96.7 cm³/mol. The van der Waals surface area contributed by atoms with Gasteiger partial charge in [0.25, 0.3) is 5.91 Å². The van der Waals surface area contributed by atoms with Crippen LogP contribution in [0.2, 0.25) is 0 Å². The molecule has 2 aromatic rings. The minimum Gasteiger partial charge on any atom is -0.405 e. The highest BCUT2D eigenvalue weighted by Gasteiger charge is 2.25. The molecule has 1 aromatic carbocycles. The van der Waals surface area contributed by atoms with Gasteiger partial charge in [-0.25, -0.2) is 8.42 Å². The smallest absolute Gasteiger partial charge is 0.322 e. The third-order valence-electron chi connectivity index (χ3n) is 4.39. The Balaban J connectivity index is 1.69. The van der Waals surface area contributed by atoms with Crippen LogP contribution in [0.3, 0.4) is 0 Å². The van der Waals surface area contributed by atoms with Gasteiger partial charge in [0.15, 0.2) is 0 Å². The molecular weight excluding hydrogens is 372 g/mol. The second-order valence-corrected chi connectivity index (χ2v) is 8.54. The molecule has 2 heterocycles. The Morgan fingerprint density at radius 3 is 2.56 bits per heavy atom. The van der Waals surface area contributed by atoms with Crippen molar-refractivity contribution in [3.8, 4) is 0 Å². The van der Waals surface area contributed by atoms with E-state index in [2.05, 4.69) is 15.5 Å². The van der Waals surface area contributed by atoms with Crippen LogP contribution in [0.15, 0.2) is 33.6 Å². The molecule has 9 nitrogen and oxygen atoms in total. The molecule has 0 radical (unpaired) electrons. The van der Waals surface area contributed by atoms with E-state index in [1.54, 1.807) is 13.8 Å². The van der Waals surface area contributed by atoms with E-state index in [1.165, 1.54) is 35.6 Å². The van der Waals surface area contributed by atoms with E-state index >= 15 is 0 Å². The number of hydrogen-bond acceptors (Lipinski definition) is 7. The van der Waals surface area contributed by atoms with Gasteiger partial charge >= 0.3 is 6.01 Å². The van der Waals surface area contributed by atoms with Crippen LogP contribution < -0.4 is 5.32 Å². The molecule has 0 spiro atoms. The van der Waals surface area contributed by atoms with Crippen LogP contribution in [0, 0.1) is 0 Å². The van der Waals surface area contributed by atoms with Gasteiger partial charge in [0.1, 0.15) is 6.10 Å². The predicted octanol–water partition coefficient (Wildman–Crippen LogP) is 2.20. The lowest BCUT2D eigenvalue weighted by Gasteiger charge is -2.20. The highest BCUT2D eigenvalue weighted by Crippen LogP contribution is 2.28. The molecule has 1 atom stereocenters. The fourth-order valence-corrected chi connectivity index (χ4v) is 3.95. The lowest BCUT2D eigenvalue weighted by Crippen LogP contribution is -2.33. The van der Waals surface area contributed by atoms with E-state index < -0.39 is 15.9 Å². The quantitative estimate of drug-likeness (QED) is 0.799. The van der Waals surface area contributed by atoms with Crippen molar-refractivity contribution in [2.24, 2.45) is 0 Å². The summed E-state index contributed by atoms with van der Waals surface area (Å²) in [5.74, 6) is -0.139. The lowest BCUT2D eigenvalue weighted by atomic mass is 10.2. The third kappa shape index (κ3) is 4.18. The van der Waals surface area contributed by atoms with Gasteiger partial charge in [-0.3, -0.25) is 10.1 Å². The van der Waals surface area contributed by atoms with Crippen molar-refractivity contribution < 1.29 is 22.4 Å². The SMILES string of the molecule is CC(C)N(C)S(=O)(=O)c1ccc(C(=O)Nc2nnc(C3CCCO3)o2)cc1. The molecule has 3 rings (SSSR count). The molecule has 0 aliphatic carbocycles. The second kappa shape index (κ2) is 7.75. The summed E-state index contributed by atoms with van der Waals surface area (Å²) in [6, 6.07) is 5.47. The van der Waals surface area contributed by atoms with E-state index in [0.29, 0.717) is 12.5 Å². The van der Waals surface area contributed by atoms with Crippen LogP contribution in [0.5, 0.6) is 0 Å². The summed E-state index contributed by atoms with van der Waals surface area (Å²) in [6.07, 6.45) is 1.50. The fourth-order valence-electron chi connectivity index (χ4n) is 2.58. The number of rotatable bonds is 6. The summed E-state index contributed by atoms with van der Waals surface area (Å²) < 4.78 is 37.0. The Kier molecular flexibility index (Phi) is 5.59. The largest absolute Gasteiger partial charge is 0.405 e. The van der Waals surface area contributed by atoms with Crippen LogP contribution in [0.4, 0.5) is 6.01 Å². The number of carbonyl (C=O) groups excluding carboxylic acids is 1. The van der Waals surface area contributed by atoms with Crippen LogP contribution in [-0.2, 0) is 14.8 Å².